The first-order chi connectivity index (χ1) is 14.1. The number of allylic oxidation sites excluding steroid dienone is 1. The molecule has 2 N–H and O–H groups in total. The fourth-order valence-corrected chi connectivity index (χ4v) is 5.29. The van der Waals surface area contributed by atoms with E-state index in [1.165, 1.54) is 18.4 Å². The predicted molar refractivity (Wildman–Crippen MR) is 111 cm³/mol. The predicted octanol–water partition coefficient (Wildman–Crippen LogP) is 1.88. The summed E-state index contributed by atoms with van der Waals surface area (Å²) in [5.41, 5.74) is 1.71. The highest BCUT2D eigenvalue weighted by Gasteiger charge is 2.53. The molecule has 2 fully saturated rings. The van der Waals surface area contributed by atoms with Gasteiger partial charge in [-0.15, -0.1) is 0 Å². The zero-order valence-electron chi connectivity index (χ0n) is 17.5. The molecule has 3 heterocycles. The van der Waals surface area contributed by atoms with Crippen molar-refractivity contribution in [1.82, 2.24) is 25.3 Å². The van der Waals surface area contributed by atoms with Gasteiger partial charge in [0.1, 0.15) is 0 Å². The number of nitrogens with one attached hydrogen (secondary N) is 2. The number of piperidine rings is 2. The Morgan fingerprint density at radius 2 is 2.17 bits per heavy atom. The minimum Gasteiger partial charge on any atom is -0.352 e. The maximum absolute atomic E-state index is 13.5. The van der Waals surface area contributed by atoms with Crippen LogP contribution in [0.2, 0.25) is 0 Å². The lowest BCUT2D eigenvalue weighted by Gasteiger charge is -2.53. The summed E-state index contributed by atoms with van der Waals surface area (Å²) in [4.78, 5) is 30.8. The van der Waals surface area contributed by atoms with Crippen LogP contribution >= 0.6 is 0 Å². The molecule has 2 amide bonds. The summed E-state index contributed by atoms with van der Waals surface area (Å²) in [5, 5.41) is 10.1. The molecule has 0 radical (unpaired) electrons. The molecule has 0 unspecified atom stereocenters. The molecule has 0 saturated carbocycles. The van der Waals surface area contributed by atoms with Crippen LogP contribution in [0.3, 0.4) is 0 Å². The van der Waals surface area contributed by atoms with Crippen molar-refractivity contribution >= 4 is 11.8 Å². The minimum absolute atomic E-state index is 0.0641. The number of nitrogens with zero attached hydrogens (tertiary/aromatic N) is 3. The van der Waals surface area contributed by atoms with Crippen LogP contribution < -0.4 is 5.32 Å². The van der Waals surface area contributed by atoms with E-state index < -0.39 is 5.41 Å². The van der Waals surface area contributed by atoms with E-state index in [1.54, 1.807) is 6.20 Å². The number of H-pyrrole nitrogens is 1. The Bertz CT molecular complexity index is 759. The summed E-state index contributed by atoms with van der Waals surface area (Å²) in [6.45, 7) is 3.04. The SMILES string of the molecule is CN1CC[C@]2(C(=O)NCC3=CCCCC3)CCCN(C(=O)Cc3ccn[nH]3)[C@H]2C1. The molecule has 1 aromatic rings. The van der Waals surface area contributed by atoms with Gasteiger partial charge in [0.05, 0.1) is 17.9 Å². The number of rotatable bonds is 5. The third kappa shape index (κ3) is 4.25. The van der Waals surface area contributed by atoms with Crippen LogP contribution in [0.15, 0.2) is 23.9 Å². The summed E-state index contributed by atoms with van der Waals surface area (Å²) >= 11 is 0. The first-order valence-electron chi connectivity index (χ1n) is 11.0. The van der Waals surface area contributed by atoms with Gasteiger partial charge in [0, 0.05) is 31.5 Å². The van der Waals surface area contributed by atoms with Gasteiger partial charge in [0.15, 0.2) is 0 Å². The second-order valence-electron chi connectivity index (χ2n) is 8.92. The van der Waals surface area contributed by atoms with Gasteiger partial charge < -0.3 is 15.1 Å². The van der Waals surface area contributed by atoms with Crippen LogP contribution in [-0.4, -0.2) is 71.1 Å². The van der Waals surface area contributed by atoms with Crippen molar-refractivity contribution in [2.75, 3.05) is 33.2 Å². The average Bonchev–Trinajstić information content (AvgIpc) is 3.25. The van der Waals surface area contributed by atoms with E-state index in [-0.39, 0.29) is 17.9 Å². The topological polar surface area (TPSA) is 81.3 Å². The van der Waals surface area contributed by atoms with Crippen molar-refractivity contribution in [2.45, 2.75) is 57.4 Å². The monoisotopic (exact) mass is 399 g/mol. The molecule has 0 aromatic carbocycles. The van der Waals surface area contributed by atoms with Gasteiger partial charge in [-0.3, -0.25) is 14.7 Å². The Morgan fingerprint density at radius 1 is 1.28 bits per heavy atom. The van der Waals surface area contributed by atoms with Crippen molar-refractivity contribution in [1.29, 1.82) is 0 Å². The minimum atomic E-state index is -0.469. The van der Waals surface area contributed by atoms with Crippen molar-refractivity contribution in [2.24, 2.45) is 5.41 Å². The van der Waals surface area contributed by atoms with E-state index in [4.69, 9.17) is 0 Å². The van der Waals surface area contributed by atoms with Crippen molar-refractivity contribution < 1.29 is 9.59 Å². The third-order valence-corrected chi connectivity index (χ3v) is 6.99. The number of likely N-dealkylation sites (tertiary alicyclic amines) is 2. The number of hydrogen-bond donors (Lipinski definition) is 2. The highest BCUT2D eigenvalue weighted by molar-refractivity contribution is 5.86. The lowest BCUT2D eigenvalue weighted by Crippen LogP contribution is -2.66. The second-order valence-corrected chi connectivity index (χ2v) is 8.92. The highest BCUT2D eigenvalue weighted by atomic mass is 16.2. The van der Waals surface area contributed by atoms with E-state index in [0.29, 0.717) is 13.0 Å². The van der Waals surface area contributed by atoms with Gasteiger partial charge in [-0.25, -0.2) is 0 Å². The lowest BCUT2D eigenvalue weighted by atomic mass is 9.67. The van der Waals surface area contributed by atoms with E-state index in [0.717, 1.165) is 57.4 Å². The largest absolute Gasteiger partial charge is 0.352 e. The summed E-state index contributed by atoms with van der Waals surface area (Å²) in [6.07, 6.45) is 11.5. The number of aromatic nitrogens is 2. The molecule has 29 heavy (non-hydrogen) atoms. The highest BCUT2D eigenvalue weighted by Crippen LogP contribution is 2.42. The zero-order valence-corrected chi connectivity index (χ0v) is 17.5. The third-order valence-electron chi connectivity index (χ3n) is 6.99. The van der Waals surface area contributed by atoms with Crippen LogP contribution in [0.1, 0.15) is 50.6 Å². The number of carbonyl (C=O) groups excluding carboxylic acids is 2. The smallest absolute Gasteiger partial charge is 0.228 e. The summed E-state index contributed by atoms with van der Waals surface area (Å²) in [7, 11) is 2.08. The number of hydrogen-bond acceptors (Lipinski definition) is 4. The zero-order chi connectivity index (χ0) is 20.3. The van der Waals surface area contributed by atoms with E-state index in [2.05, 4.69) is 33.5 Å². The lowest BCUT2D eigenvalue weighted by molar-refractivity contribution is -0.153. The maximum atomic E-state index is 13.5. The number of aromatic amines is 1. The molecule has 2 saturated heterocycles. The molecule has 158 valence electrons. The summed E-state index contributed by atoms with van der Waals surface area (Å²) in [6, 6.07) is 1.78. The molecule has 0 spiro atoms. The van der Waals surface area contributed by atoms with Crippen LogP contribution in [0.25, 0.3) is 0 Å². The van der Waals surface area contributed by atoms with Gasteiger partial charge in [-0.1, -0.05) is 11.6 Å². The van der Waals surface area contributed by atoms with Crippen LogP contribution in [-0.2, 0) is 16.0 Å². The van der Waals surface area contributed by atoms with Crippen LogP contribution in [0.4, 0.5) is 0 Å². The molecular weight excluding hydrogens is 366 g/mol. The van der Waals surface area contributed by atoms with Crippen LogP contribution in [0.5, 0.6) is 0 Å². The molecular formula is C22H33N5O2. The number of carbonyl (C=O) groups is 2. The number of amides is 2. The molecule has 3 aliphatic rings. The normalized spacial score (nSPS) is 27.8. The molecule has 4 rings (SSSR count). The Kier molecular flexibility index (Phi) is 6.04. The van der Waals surface area contributed by atoms with Crippen LogP contribution in [0, 0.1) is 5.41 Å². The molecule has 7 nitrogen and oxygen atoms in total. The van der Waals surface area contributed by atoms with Crippen molar-refractivity contribution in [3.05, 3.63) is 29.6 Å². The second kappa shape index (κ2) is 8.69. The van der Waals surface area contributed by atoms with E-state index in [1.807, 2.05) is 11.0 Å². The molecule has 2 aliphatic heterocycles. The Labute approximate surface area is 172 Å². The Balaban J connectivity index is 1.50. The van der Waals surface area contributed by atoms with E-state index >= 15 is 0 Å². The fraction of sp³-hybridized carbons (Fsp3) is 0.682. The number of likely N-dealkylation sites (N-methyl/N-ethyl adjacent to an activating group) is 1. The molecule has 7 heteroatoms. The van der Waals surface area contributed by atoms with Gasteiger partial charge in [0.2, 0.25) is 11.8 Å². The van der Waals surface area contributed by atoms with Gasteiger partial charge in [-0.05, 0) is 64.6 Å². The quantitative estimate of drug-likeness (QED) is 0.741. The summed E-state index contributed by atoms with van der Waals surface area (Å²) < 4.78 is 0. The first kappa shape index (κ1) is 20.1. The average molecular weight is 400 g/mol. The maximum Gasteiger partial charge on any atom is 0.228 e. The van der Waals surface area contributed by atoms with E-state index in [9.17, 15) is 9.59 Å². The number of fused-ring (bicyclic) bond motifs is 1. The first-order valence-corrected chi connectivity index (χ1v) is 11.0. The standard InChI is InChI=1S/C22H33N5O2/c1-26-13-10-22(21(29)23-15-17-6-3-2-4-7-17)9-5-12-27(19(22)16-26)20(28)14-18-8-11-24-25-18/h6,8,11,19H,2-5,7,9-10,12-16H2,1H3,(H,23,29)(H,24,25)/t19-,22+/m0/s1. The molecule has 1 aromatic heterocycles. The molecule has 0 bridgehead atoms. The Morgan fingerprint density at radius 3 is 2.93 bits per heavy atom. The summed E-state index contributed by atoms with van der Waals surface area (Å²) in [5.74, 6) is 0.225. The van der Waals surface area contributed by atoms with Gasteiger partial charge >= 0.3 is 0 Å². The fourth-order valence-electron chi connectivity index (χ4n) is 5.29. The molecule has 1 aliphatic carbocycles. The van der Waals surface area contributed by atoms with Gasteiger partial charge in [0.25, 0.3) is 0 Å². The Hall–Kier alpha value is -2.15. The van der Waals surface area contributed by atoms with Crippen molar-refractivity contribution in [3.8, 4) is 0 Å². The van der Waals surface area contributed by atoms with Crippen molar-refractivity contribution in [3.63, 3.8) is 0 Å². The molecule has 2 atom stereocenters. The van der Waals surface area contributed by atoms with Gasteiger partial charge in [-0.2, -0.15) is 5.10 Å².